The lowest BCUT2D eigenvalue weighted by Crippen LogP contribution is -2.11. The summed E-state index contributed by atoms with van der Waals surface area (Å²) in [5.74, 6) is -0.713. The molecule has 0 aromatic carbocycles. The topological polar surface area (TPSA) is 55.1 Å². The Labute approximate surface area is 111 Å². The highest BCUT2D eigenvalue weighted by Crippen LogP contribution is 2.22. The van der Waals surface area contributed by atoms with Crippen LogP contribution in [0, 0.1) is 0 Å². The number of hydrogen-bond donors (Lipinski definition) is 1. The molecule has 1 atom stereocenters. The number of hydrogen-bond acceptors (Lipinski definition) is 3. The molecule has 0 radical (unpaired) electrons. The second kappa shape index (κ2) is 5.01. The summed E-state index contributed by atoms with van der Waals surface area (Å²) in [7, 11) is 0. The van der Waals surface area contributed by atoms with Crippen LogP contribution in [0.5, 0.6) is 0 Å². The molecule has 17 heavy (non-hydrogen) atoms. The Bertz CT molecular complexity index is 522. The van der Waals surface area contributed by atoms with Crippen molar-refractivity contribution in [3.05, 3.63) is 39.0 Å². The van der Waals surface area contributed by atoms with E-state index in [9.17, 15) is 4.79 Å². The largest absolute Gasteiger partial charge is 0.477 e. The molecule has 0 bridgehead atoms. The number of thiazole rings is 1. The summed E-state index contributed by atoms with van der Waals surface area (Å²) in [5.41, 5.74) is 0.292. The van der Waals surface area contributed by atoms with E-state index in [0.29, 0.717) is 12.2 Å². The normalized spacial score (nSPS) is 12.6. The van der Waals surface area contributed by atoms with Crippen molar-refractivity contribution in [1.82, 2.24) is 9.55 Å². The van der Waals surface area contributed by atoms with Gasteiger partial charge in [-0.3, -0.25) is 0 Å². The number of halogens is 1. The predicted molar refractivity (Wildman–Crippen MR) is 69.6 cm³/mol. The summed E-state index contributed by atoms with van der Waals surface area (Å²) in [6.45, 7) is 2.65. The molecule has 0 spiro atoms. The minimum absolute atomic E-state index is 0.201. The number of carboxylic acid groups (broad SMARTS) is 1. The van der Waals surface area contributed by atoms with Crippen molar-refractivity contribution >= 4 is 33.2 Å². The fourth-order valence-electron chi connectivity index (χ4n) is 1.66. The van der Waals surface area contributed by atoms with Crippen molar-refractivity contribution in [3.8, 4) is 0 Å². The Morgan fingerprint density at radius 2 is 2.47 bits per heavy atom. The molecule has 1 N–H and O–H groups in total. The van der Waals surface area contributed by atoms with Crippen molar-refractivity contribution in [2.24, 2.45) is 0 Å². The van der Waals surface area contributed by atoms with Crippen LogP contribution in [-0.2, 0) is 6.54 Å². The molecule has 2 aromatic rings. The maximum atomic E-state index is 11.0. The predicted octanol–water partition coefficient (Wildman–Crippen LogP) is 3.21. The zero-order valence-electron chi connectivity index (χ0n) is 9.13. The van der Waals surface area contributed by atoms with Crippen LogP contribution in [0.25, 0.3) is 0 Å². The van der Waals surface area contributed by atoms with Crippen LogP contribution < -0.4 is 0 Å². The second-order valence-electron chi connectivity index (χ2n) is 3.77. The van der Waals surface area contributed by atoms with Crippen LogP contribution in [0.4, 0.5) is 0 Å². The van der Waals surface area contributed by atoms with E-state index < -0.39 is 5.97 Å². The molecule has 0 saturated carbocycles. The fourth-order valence-corrected chi connectivity index (χ4v) is 2.81. The van der Waals surface area contributed by atoms with Crippen LogP contribution in [0.3, 0.4) is 0 Å². The van der Waals surface area contributed by atoms with Gasteiger partial charge in [0.15, 0.2) is 0 Å². The molecule has 1 unspecified atom stereocenters. The Morgan fingerprint density at radius 1 is 1.71 bits per heavy atom. The average Bonchev–Trinajstić information content (AvgIpc) is 2.86. The summed E-state index contributed by atoms with van der Waals surface area (Å²) >= 11 is 4.88. The van der Waals surface area contributed by atoms with Crippen LogP contribution in [-0.4, -0.2) is 20.6 Å². The van der Waals surface area contributed by atoms with Crippen molar-refractivity contribution in [2.75, 3.05) is 0 Å². The van der Waals surface area contributed by atoms with Gasteiger partial charge in [-0.05, 0) is 22.0 Å². The highest BCUT2D eigenvalue weighted by Gasteiger charge is 2.15. The van der Waals surface area contributed by atoms with Gasteiger partial charge in [0, 0.05) is 34.7 Å². The number of aromatic nitrogens is 2. The van der Waals surface area contributed by atoms with Gasteiger partial charge in [-0.15, -0.1) is 11.3 Å². The van der Waals surface area contributed by atoms with Gasteiger partial charge in [0.25, 0.3) is 0 Å². The summed E-state index contributed by atoms with van der Waals surface area (Å²) < 4.78 is 2.51. The Kier molecular flexibility index (Phi) is 3.63. The molecular weight excluding hydrogens is 304 g/mol. The Morgan fingerprint density at radius 3 is 3.06 bits per heavy atom. The van der Waals surface area contributed by atoms with E-state index in [4.69, 9.17) is 5.11 Å². The molecule has 90 valence electrons. The molecular formula is C11H11BrN2O2S. The molecule has 0 saturated heterocycles. The smallest absolute Gasteiger partial charge is 0.352 e. The van der Waals surface area contributed by atoms with Gasteiger partial charge in [-0.25, -0.2) is 9.78 Å². The quantitative estimate of drug-likeness (QED) is 0.942. The van der Waals surface area contributed by atoms with Gasteiger partial charge in [-0.1, -0.05) is 6.92 Å². The van der Waals surface area contributed by atoms with E-state index in [-0.39, 0.29) is 5.92 Å². The van der Waals surface area contributed by atoms with Crippen molar-refractivity contribution < 1.29 is 9.90 Å². The molecule has 2 aromatic heterocycles. The number of nitrogens with zero attached hydrogens (tertiary/aromatic N) is 2. The summed E-state index contributed by atoms with van der Waals surface area (Å²) in [5, 5.41) is 12.0. The number of carboxylic acids is 1. The van der Waals surface area contributed by atoms with Gasteiger partial charge in [0.1, 0.15) is 5.69 Å². The monoisotopic (exact) mass is 314 g/mol. The maximum absolute atomic E-state index is 11.0. The van der Waals surface area contributed by atoms with Gasteiger partial charge < -0.3 is 9.67 Å². The van der Waals surface area contributed by atoms with Crippen LogP contribution in [0.2, 0.25) is 0 Å². The van der Waals surface area contributed by atoms with Crippen LogP contribution >= 0.6 is 27.3 Å². The Hall–Kier alpha value is -1.14. The van der Waals surface area contributed by atoms with E-state index in [2.05, 4.69) is 20.9 Å². The third-order valence-electron chi connectivity index (χ3n) is 2.43. The first-order chi connectivity index (χ1) is 8.08. The molecule has 2 heterocycles. The van der Waals surface area contributed by atoms with Gasteiger partial charge in [-0.2, -0.15) is 0 Å². The fraction of sp³-hybridized carbons (Fsp3) is 0.273. The summed E-state index contributed by atoms with van der Waals surface area (Å²) in [6.07, 6.45) is 3.55. The van der Waals surface area contributed by atoms with E-state index in [1.165, 1.54) is 0 Å². The van der Waals surface area contributed by atoms with Crippen LogP contribution in [0.15, 0.2) is 28.3 Å². The molecule has 0 aliphatic rings. The summed E-state index contributed by atoms with van der Waals surface area (Å²) in [6, 6.07) is 1.61. The molecule has 0 aliphatic heterocycles. The maximum Gasteiger partial charge on any atom is 0.352 e. The van der Waals surface area contributed by atoms with E-state index in [0.717, 1.165) is 9.48 Å². The summed E-state index contributed by atoms with van der Waals surface area (Å²) in [4.78, 5) is 15.3. The Balaban J connectivity index is 2.21. The molecule has 0 fully saturated rings. The minimum Gasteiger partial charge on any atom is -0.477 e. The highest BCUT2D eigenvalue weighted by atomic mass is 79.9. The third-order valence-corrected chi connectivity index (χ3v) is 3.87. The zero-order valence-corrected chi connectivity index (χ0v) is 11.5. The van der Waals surface area contributed by atoms with E-state index in [1.807, 2.05) is 12.3 Å². The van der Waals surface area contributed by atoms with Crippen molar-refractivity contribution in [2.45, 2.75) is 19.4 Å². The zero-order chi connectivity index (χ0) is 12.4. The lowest BCUT2D eigenvalue weighted by Gasteiger charge is -2.11. The van der Waals surface area contributed by atoms with Crippen LogP contribution in [0.1, 0.15) is 28.3 Å². The van der Waals surface area contributed by atoms with E-state index >= 15 is 0 Å². The van der Waals surface area contributed by atoms with Gasteiger partial charge >= 0.3 is 5.97 Å². The molecule has 0 aliphatic carbocycles. The number of carbonyl (C=O) groups is 1. The lowest BCUT2D eigenvalue weighted by molar-refractivity contribution is 0.0684. The molecule has 6 heteroatoms. The highest BCUT2D eigenvalue weighted by molar-refractivity contribution is 9.10. The standard InChI is InChI=1S/C11H11BrN2O2S/c1-7(10-13-2-3-17-10)5-14-6-8(12)4-9(14)11(15)16/h2-4,6-7H,5H2,1H3,(H,15,16). The third kappa shape index (κ3) is 2.76. The minimum atomic E-state index is -0.915. The van der Waals surface area contributed by atoms with Crippen molar-refractivity contribution in [1.29, 1.82) is 0 Å². The molecule has 2 rings (SSSR count). The lowest BCUT2D eigenvalue weighted by atomic mass is 10.2. The molecule has 0 amide bonds. The number of rotatable bonds is 4. The SMILES string of the molecule is CC(Cn1cc(Br)cc1C(=O)O)c1nccs1. The number of aromatic carboxylic acids is 1. The van der Waals surface area contributed by atoms with E-state index in [1.54, 1.807) is 34.4 Å². The van der Waals surface area contributed by atoms with Crippen molar-refractivity contribution in [3.63, 3.8) is 0 Å². The first-order valence-corrected chi connectivity index (χ1v) is 6.73. The molecule has 4 nitrogen and oxygen atoms in total. The average molecular weight is 315 g/mol. The van der Waals surface area contributed by atoms with Gasteiger partial charge in [0.05, 0.1) is 5.01 Å². The first-order valence-electron chi connectivity index (χ1n) is 5.06. The van der Waals surface area contributed by atoms with Gasteiger partial charge in [0.2, 0.25) is 0 Å². The first kappa shape index (κ1) is 12.3. The second-order valence-corrected chi connectivity index (χ2v) is 5.61.